The van der Waals surface area contributed by atoms with Gasteiger partial charge in [-0.1, -0.05) is 36.9 Å². The molecule has 1 amide bonds. The first-order chi connectivity index (χ1) is 16.9. The molecule has 0 aliphatic carbocycles. The van der Waals surface area contributed by atoms with Crippen LogP contribution in [-0.2, 0) is 19.1 Å². The number of nitrogens with one attached hydrogen (secondary N) is 1. The SMILES string of the molecule is C=CCOc1cccc2c1cc(C(=O)NCCc1ccccn1)n2Cc1ccc(C(F)(F)F)cc1. The number of benzene rings is 2. The lowest BCUT2D eigenvalue weighted by molar-refractivity contribution is -0.137. The van der Waals surface area contributed by atoms with Crippen molar-refractivity contribution in [1.29, 1.82) is 0 Å². The van der Waals surface area contributed by atoms with Crippen molar-refractivity contribution in [2.24, 2.45) is 0 Å². The van der Waals surface area contributed by atoms with Crippen molar-refractivity contribution in [1.82, 2.24) is 14.9 Å². The minimum atomic E-state index is -4.41. The van der Waals surface area contributed by atoms with E-state index in [9.17, 15) is 18.0 Å². The van der Waals surface area contributed by atoms with E-state index in [0.717, 1.165) is 28.7 Å². The van der Waals surface area contributed by atoms with Crippen molar-refractivity contribution in [2.45, 2.75) is 19.1 Å². The Labute approximate surface area is 200 Å². The quantitative estimate of drug-likeness (QED) is 0.316. The van der Waals surface area contributed by atoms with Crippen LogP contribution in [0.3, 0.4) is 0 Å². The van der Waals surface area contributed by atoms with Gasteiger partial charge in [0.25, 0.3) is 5.91 Å². The van der Waals surface area contributed by atoms with Crippen LogP contribution < -0.4 is 10.1 Å². The maximum Gasteiger partial charge on any atom is 0.416 e. The molecule has 2 aromatic carbocycles. The highest BCUT2D eigenvalue weighted by Gasteiger charge is 2.30. The van der Waals surface area contributed by atoms with Crippen LogP contribution >= 0.6 is 0 Å². The van der Waals surface area contributed by atoms with Gasteiger partial charge in [0.15, 0.2) is 0 Å². The molecule has 0 saturated carbocycles. The van der Waals surface area contributed by atoms with Crippen molar-refractivity contribution >= 4 is 16.8 Å². The van der Waals surface area contributed by atoms with Crippen LogP contribution in [-0.4, -0.2) is 28.6 Å². The fourth-order valence-electron chi connectivity index (χ4n) is 3.81. The standard InChI is InChI=1S/C27H24F3N3O2/c1-2-16-35-25-8-5-7-23-22(25)17-24(26(34)32-15-13-21-6-3-4-14-31-21)33(23)18-19-9-11-20(12-10-19)27(28,29)30/h2-12,14,17H,1,13,15-16,18H2,(H,32,34). The molecule has 0 bridgehead atoms. The van der Waals surface area contributed by atoms with Crippen LogP contribution in [0.4, 0.5) is 13.2 Å². The molecule has 4 rings (SSSR count). The largest absolute Gasteiger partial charge is 0.489 e. The summed E-state index contributed by atoms with van der Waals surface area (Å²) in [5, 5.41) is 3.65. The van der Waals surface area contributed by atoms with E-state index in [2.05, 4.69) is 16.9 Å². The Morgan fingerprint density at radius 2 is 1.89 bits per heavy atom. The van der Waals surface area contributed by atoms with Crippen molar-refractivity contribution < 1.29 is 22.7 Å². The number of carbonyl (C=O) groups is 1. The molecule has 4 aromatic rings. The summed E-state index contributed by atoms with van der Waals surface area (Å²) in [5.41, 5.74) is 1.90. The van der Waals surface area contributed by atoms with Gasteiger partial charge in [0.05, 0.1) is 11.1 Å². The molecule has 0 atom stereocenters. The molecule has 180 valence electrons. The Morgan fingerprint density at radius 3 is 2.57 bits per heavy atom. The number of fused-ring (bicyclic) bond motifs is 1. The Hall–Kier alpha value is -4.07. The fraction of sp³-hybridized carbons (Fsp3) is 0.185. The number of amides is 1. The molecule has 2 aromatic heterocycles. The van der Waals surface area contributed by atoms with Gasteiger partial charge >= 0.3 is 6.18 Å². The number of hydrogen-bond donors (Lipinski definition) is 1. The third kappa shape index (κ3) is 5.71. The van der Waals surface area contributed by atoms with Crippen LogP contribution in [0.1, 0.15) is 27.3 Å². The van der Waals surface area contributed by atoms with Crippen LogP contribution in [0.5, 0.6) is 5.75 Å². The molecule has 35 heavy (non-hydrogen) atoms. The molecular formula is C27H24F3N3O2. The van der Waals surface area contributed by atoms with Gasteiger partial charge in [-0.15, -0.1) is 0 Å². The summed E-state index contributed by atoms with van der Waals surface area (Å²) in [7, 11) is 0. The van der Waals surface area contributed by atoms with Gasteiger partial charge in [-0.25, -0.2) is 0 Å². The van der Waals surface area contributed by atoms with E-state index in [-0.39, 0.29) is 12.5 Å². The summed E-state index contributed by atoms with van der Waals surface area (Å²) in [6.07, 6.45) is -0.513. The third-order valence-electron chi connectivity index (χ3n) is 5.51. The zero-order valence-electron chi connectivity index (χ0n) is 18.9. The molecule has 0 fully saturated rings. The zero-order chi connectivity index (χ0) is 24.8. The van der Waals surface area contributed by atoms with Crippen LogP contribution in [0.2, 0.25) is 0 Å². The number of rotatable bonds is 9. The summed E-state index contributed by atoms with van der Waals surface area (Å²) in [6, 6.07) is 17.8. The predicted molar refractivity (Wildman–Crippen MR) is 128 cm³/mol. The topological polar surface area (TPSA) is 56.1 Å². The van der Waals surface area contributed by atoms with Crippen molar-refractivity contribution in [3.63, 3.8) is 0 Å². The summed E-state index contributed by atoms with van der Waals surface area (Å²) >= 11 is 0. The Morgan fingerprint density at radius 1 is 1.09 bits per heavy atom. The van der Waals surface area contributed by atoms with Gasteiger partial charge < -0.3 is 14.6 Å². The average molecular weight is 480 g/mol. The summed E-state index contributed by atoms with van der Waals surface area (Å²) in [5.74, 6) is 0.301. The van der Waals surface area contributed by atoms with E-state index in [4.69, 9.17) is 4.74 Å². The Balaban J connectivity index is 1.64. The first-order valence-electron chi connectivity index (χ1n) is 11.1. The van der Waals surface area contributed by atoms with Gasteiger partial charge in [-0.2, -0.15) is 13.2 Å². The lowest BCUT2D eigenvalue weighted by atomic mass is 10.1. The molecule has 0 unspecified atom stereocenters. The van der Waals surface area contributed by atoms with Crippen molar-refractivity contribution in [2.75, 3.05) is 13.2 Å². The van der Waals surface area contributed by atoms with Gasteiger partial charge in [-0.3, -0.25) is 9.78 Å². The zero-order valence-corrected chi connectivity index (χ0v) is 18.9. The molecular weight excluding hydrogens is 455 g/mol. The van der Waals surface area contributed by atoms with Crippen molar-refractivity contribution in [3.8, 4) is 5.75 Å². The molecule has 8 heteroatoms. The highest BCUT2D eigenvalue weighted by Crippen LogP contribution is 2.31. The van der Waals surface area contributed by atoms with E-state index in [1.165, 1.54) is 12.1 Å². The minimum absolute atomic E-state index is 0.218. The number of pyridine rings is 1. The molecule has 5 nitrogen and oxygen atoms in total. The summed E-state index contributed by atoms with van der Waals surface area (Å²) < 4.78 is 46.5. The summed E-state index contributed by atoms with van der Waals surface area (Å²) in [6.45, 7) is 4.57. The first kappa shape index (κ1) is 24.1. The number of halogens is 3. The highest BCUT2D eigenvalue weighted by atomic mass is 19.4. The second-order valence-corrected chi connectivity index (χ2v) is 7.93. The molecule has 1 N–H and O–H groups in total. The first-order valence-corrected chi connectivity index (χ1v) is 11.1. The van der Waals surface area contributed by atoms with Crippen molar-refractivity contribution in [3.05, 3.63) is 108 Å². The maximum absolute atomic E-state index is 13.2. The van der Waals surface area contributed by atoms with E-state index in [1.54, 1.807) is 29.0 Å². The van der Waals surface area contributed by atoms with E-state index in [0.29, 0.717) is 36.6 Å². The van der Waals surface area contributed by atoms with E-state index in [1.807, 2.05) is 30.3 Å². The van der Waals surface area contributed by atoms with Gasteiger partial charge in [0, 0.05) is 36.8 Å². The highest BCUT2D eigenvalue weighted by molar-refractivity contribution is 6.00. The predicted octanol–water partition coefficient (Wildman–Crippen LogP) is 5.64. The fourth-order valence-corrected chi connectivity index (χ4v) is 3.81. The lowest BCUT2D eigenvalue weighted by Gasteiger charge is -2.13. The number of hydrogen-bond acceptors (Lipinski definition) is 3. The third-order valence-corrected chi connectivity index (χ3v) is 5.51. The Kier molecular flexibility index (Phi) is 7.19. The number of carbonyl (C=O) groups excluding carboxylic acids is 1. The second kappa shape index (κ2) is 10.5. The number of ether oxygens (including phenoxy) is 1. The molecule has 0 aliphatic heterocycles. The van der Waals surface area contributed by atoms with Gasteiger partial charge in [0.1, 0.15) is 18.1 Å². The number of nitrogens with zero attached hydrogens (tertiary/aromatic N) is 2. The normalized spacial score (nSPS) is 11.4. The second-order valence-electron chi connectivity index (χ2n) is 7.93. The van der Waals surface area contributed by atoms with Crippen LogP contribution in [0, 0.1) is 0 Å². The monoisotopic (exact) mass is 479 g/mol. The molecule has 0 saturated heterocycles. The van der Waals surface area contributed by atoms with E-state index >= 15 is 0 Å². The Bertz CT molecular complexity index is 1310. The smallest absolute Gasteiger partial charge is 0.416 e. The number of alkyl halides is 3. The molecule has 2 heterocycles. The van der Waals surface area contributed by atoms with Gasteiger partial charge in [-0.05, 0) is 48.0 Å². The average Bonchev–Trinajstić information content (AvgIpc) is 3.22. The maximum atomic E-state index is 13.2. The molecule has 0 spiro atoms. The lowest BCUT2D eigenvalue weighted by Crippen LogP contribution is -2.28. The molecule has 0 aliphatic rings. The van der Waals surface area contributed by atoms with E-state index < -0.39 is 11.7 Å². The van der Waals surface area contributed by atoms with Crippen LogP contribution in [0.25, 0.3) is 10.9 Å². The van der Waals surface area contributed by atoms with Crippen LogP contribution in [0.15, 0.2) is 85.6 Å². The number of aromatic nitrogens is 2. The molecule has 0 radical (unpaired) electrons. The minimum Gasteiger partial charge on any atom is -0.489 e. The van der Waals surface area contributed by atoms with Gasteiger partial charge in [0.2, 0.25) is 0 Å². The summed E-state index contributed by atoms with van der Waals surface area (Å²) in [4.78, 5) is 17.4.